The largest absolute Gasteiger partial charge is 0.388 e. The zero-order chi connectivity index (χ0) is 12.3. The highest BCUT2D eigenvalue weighted by atomic mass is 32.3. The smallest absolute Gasteiger partial charge is 0.304 e. The summed E-state index contributed by atoms with van der Waals surface area (Å²) in [5.41, 5.74) is 1.04. The first-order chi connectivity index (χ1) is 7.30. The van der Waals surface area contributed by atoms with Crippen LogP contribution in [0.3, 0.4) is 0 Å². The van der Waals surface area contributed by atoms with Gasteiger partial charge in [-0.3, -0.25) is 0 Å². The second kappa shape index (κ2) is 4.94. The molecule has 0 bridgehead atoms. The minimum atomic E-state index is -3.52. The van der Waals surface area contributed by atoms with Crippen LogP contribution in [0.4, 0.5) is 0 Å². The summed E-state index contributed by atoms with van der Waals surface area (Å²) in [5, 5.41) is 0. The maximum absolute atomic E-state index is 11.5. The van der Waals surface area contributed by atoms with Crippen molar-refractivity contribution in [2.75, 3.05) is 13.3 Å². The number of sulfonamides is 1. The van der Waals surface area contributed by atoms with Crippen LogP contribution in [-0.2, 0) is 21.3 Å². The molecule has 0 spiro atoms. The van der Waals surface area contributed by atoms with Crippen LogP contribution >= 0.6 is 0 Å². The van der Waals surface area contributed by atoms with Gasteiger partial charge in [-0.15, -0.1) is 0 Å². The molecule has 90 valence electrons. The van der Waals surface area contributed by atoms with Crippen LogP contribution in [0.2, 0.25) is 0 Å². The van der Waals surface area contributed by atoms with E-state index >= 15 is 0 Å². The number of nitrogens with zero attached hydrogens (tertiary/aromatic N) is 1. The van der Waals surface area contributed by atoms with Crippen molar-refractivity contribution in [1.29, 1.82) is 0 Å². The molecule has 7 heteroatoms. The third-order valence-corrected chi connectivity index (χ3v) is 4.73. The Bertz CT molecular complexity index is 481. The van der Waals surface area contributed by atoms with Gasteiger partial charge >= 0.3 is 11.3 Å². The predicted molar refractivity (Wildman–Crippen MR) is 62.6 cm³/mol. The summed E-state index contributed by atoms with van der Waals surface area (Å²) in [7, 11) is -2.33. The molecule has 1 aromatic rings. The summed E-state index contributed by atoms with van der Waals surface area (Å²) in [6, 6.07) is 6.83. The van der Waals surface area contributed by atoms with E-state index in [0.717, 1.165) is 11.8 Å². The van der Waals surface area contributed by atoms with Crippen LogP contribution in [0.5, 0.6) is 5.75 Å². The van der Waals surface area contributed by atoms with Crippen molar-refractivity contribution in [3.05, 3.63) is 29.8 Å². The second-order valence-corrected chi connectivity index (χ2v) is 6.68. The number of hydrogen-bond acceptors (Lipinski definition) is 4. The summed E-state index contributed by atoms with van der Waals surface area (Å²) >= 11 is -2.05. The topological polar surface area (TPSA) is 63.7 Å². The van der Waals surface area contributed by atoms with Gasteiger partial charge in [0.1, 0.15) is 5.75 Å². The molecule has 1 unspecified atom stereocenters. The Kier molecular flexibility index (Phi) is 4.06. The van der Waals surface area contributed by atoms with Crippen LogP contribution < -0.4 is 4.18 Å². The highest BCUT2D eigenvalue weighted by molar-refractivity contribution is 7.99. The van der Waals surface area contributed by atoms with Gasteiger partial charge in [-0.05, 0) is 19.1 Å². The van der Waals surface area contributed by atoms with Crippen LogP contribution in [0, 0.1) is 6.92 Å². The molecule has 0 saturated carbocycles. The lowest BCUT2D eigenvalue weighted by Crippen LogP contribution is -2.30. The van der Waals surface area contributed by atoms with E-state index in [1.54, 1.807) is 24.3 Å². The van der Waals surface area contributed by atoms with E-state index in [1.807, 2.05) is 6.92 Å². The molecule has 0 radical (unpaired) electrons. The van der Waals surface area contributed by atoms with E-state index in [0.29, 0.717) is 9.46 Å². The number of aryl methyl sites for hydroxylation is 1. The highest BCUT2D eigenvalue weighted by Gasteiger charge is 2.20. The van der Waals surface area contributed by atoms with Gasteiger partial charge in [0.15, 0.2) is 0 Å². The third kappa shape index (κ3) is 3.58. The van der Waals surface area contributed by atoms with Crippen LogP contribution in [0.15, 0.2) is 24.3 Å². The van der Waals surface area contributed by atoms with Crippen molar-refractivity contribution in [2.24, 2.45) is 0 Å². The van der Waals surface area contributed by atoms with Crippen LogP contribution in [0.25, 0.3) is 0 Å². The molecular weight excluding hydrogens is 250 g/mol. The molecule has 0 aliphatic heterocycles. The summed E-state index contributed by atoms with van der Waals surface area (Å²) in [5.74, 6) is 0.361. The molecule has 0 saturated heterocycles. The van der Waals surface area contributed by atoms with Crippen molar-refractivity contribution in [2.45, 2.75) is 6.92 Å². The molecule has 0 amide bonds. The first-order valence-corrected chi connectivity index (χ1v) is 7.29. The van der Waals surface area contributed by atoms with Gasteiger partial charge in [-0.1, -0.05) is 21.4 Å². The molecule has 16 heavy (non-hydrogen) atoms. The van der Waals surface area contributed by atoms with Gasteiger partial charge in [0.05, 0.1) is 6.26 Å². The number of benzene rings is 1. The number of rotatable bonds is 4. The van der Waals surface area contributed by atoms with Crippen molar-refractivity contribution in [1.82, 2.24) is 3.71 Å². The van der Waals surface area contributed by atoms with Gasteiger partial charge in [0.25, 0.3) is 0 Å². The summed E-state index contributed by atoms with van der Waals surface area (Å²) in [6.07, 6.45) is 0.962. The summed E-state index contributed by atoms with van der Waals surface area (Å²) < 4.78 is 39.3. The lowest BCUT2D eigenvalue weighted by molar-refractivity contribution is 0.508. The van der Waals surface area contributed by atoms with E-state index in [4.69, 9.17) is 4.18 Å². The lowest BCUT2D eigenvalue weighted by atomic mass is 10.2. The standard InChI is InChI=1S/C9H13NO4S2/c1-8-4-6-9(7-5-8)14-15(11)10(2)16(3,12)13/h4-7H,1-3H3. The molecule has 0 heterocycles. The van der Waals surface area contributed by atoms with Crippen molar-refractivity contribution < 1.29 is 16.8 Å². The second-order valence-electron chi connectivity index (χ2n) is 3.29. The minimum Gasteiger partial charge on any atom is -0.388 e. The molecule has 0 aromatic heterocycles. The maximum Gasteiger partial charge on any atom is 0.304 e. The zero-order valence-corrected chi connectivity index (χ0v) is 10.8. The molecule has 0 N–H and O–H groups in total. The Balaban J connectivity index is 2.76. The van der Waals surface area contributed by atoms with Gasteiger partial charge in [0.2, 0.25) is 10.0 Å². The van der Waals surface area contributed by atoms with Crippen LogP contribution in [0.1, 0.15) is 5.56 Å². The Morgan fingerprint density at radius 2 is 1.75 bits per heavy atom. The lowest BCUT2D eigenvalue weighted by Gasteiger charge is -2.12. The molecule has 5 nitrogen and oxygen atoms in total. The van der Waals surface area contributed by atoms with Crippen LogP contribution in [-0.4, -0.2) is 29.6 Å². The molecular formula is C9H13NO4S2. The van der Waals surface area contributed by atoms with Crippen molar-refractivity contribution >= 4 is 21.3 Å². The Morgan fingerprint density at radius 1 is 1.25 bits per heavy atom. The van der Waals surface area contributed by atoms with E-state index < -0.39 is 21.3 Å². The zero-order valence-electron chi connectivity index (χ0n) is 9.21. The quantitative estimate of drug-likeness (QED) is 0.807. The molecule has 0 aliphatic rings. The van der Waals surface area contributed by atoms with E-state index in [1.165, 1.54) is 7.05 Å². The average Bonchev–Trinajstić information content (AvgIpc) is 2.19. The highest BCUT2D eigenvalue weighted by Crippen LogP contribution is 2.14. The molecule has 0 fully saturated rings. The van der Waals surface area contributed by atoms with Crippen molar-refractivity contribution in [3.8, 4) is 5.75 Å². The average molecular weight is 263 g/mol. The fourth-order valence-corrected chi connectivity index (χ4v) is 2.20. The first-order valence-electron chi connectivity index (χ1n) is 4.41. The van der Waals surface area contributed by atoms with E-state index in [-0.39, 0.29) is 0 Å². The molecule has 0 aliphatic carbocycles. The first kappa shape index (κ1) is 13.1. The van der Waals surface area contributed by atoms with Crippen molar-refractivity contribution in [3.63, 3.8) is 0 Å². The molecule has 1 aromatic carbocycles. The number of hydrogen-bond donors (Lipinski definition) is 0. The fraction of sp³-hybridized carbons (Fsp3) is 0.333. The molecule has 1 rings (SSSR count). The van der Waals surface area contributed by atoms with Gasteiger partial charge in [0, 0.05) is 7.05 Å². The van der Waals surface area contributed by atoms with E-state index in [2.05, 4.69) is 0 Å². The Hall–Kier alpha value is -0.920. The van der Waals surface area contributed by atoms with Gasteiger partial charge < -0.3 is 4.18 Å². The Labute approximate surface area is 97.9 Å². The Morgan fingerprint density at radius 3 is 2.19 bits per heavy atom. The van der Waals surface area contributed by atoms with E-state index in [9.17, 15) is 12.6 Å². The monoisotopic (exact) mass is 263 g/mol. The fourth-order valence-electron chi connectivity index (χ4n) is 0.839. The predicted octanol–water partition coefficient (Wildman–Crippen LogP) is 0.844. The molecule has 1 atom stereocenters. The van der Waals surface area contributed by atoms with Gasteiger partial charge in [-0.2, -0.15) is 4.21 Å². The van der Waals surface area contributed by atoms with Gasteiger partial charge in [-0.25, -0.2) is 8.42 Å². The summed E-state index contributed by atoms with van der Waals surface area (Å²) in [6.45, 7) is 1.91. The maximum atomic E-state index is 11.5. The summed E-state index contributed by atoms with van der Waals surface area (Å²) in [4.78, 5) is 0. The SMILES string of the molecule is Cc1ccc(OS(=O)N(C)S(C)(=O)=O)cc1. The minimum absolute atomic E-state index is 0.361. The normalized spacial score (nSPS) is 13.8. The third-order valence-electron chi connectivity index (χ3n) is 1.87.